The zero-order valence-electron chi connectivity index (χ0n) is 19.0. The molecule has 1 N–H and O–H groups in total. The normalized spacial score (nSPS) is 14.2. The van der Waals surface area contributed by atoms with Crippen molar-refractivity contribution in [2.45, 2.75) is 26.7 Å². The molecule has 4 rings (SSSR count). The Balaban J connectivity index is 1.41. The maximum Gasteiger partial charge on any atom is 0.255 e. The van der Waals surface area contributed by atoms with Gasteiger partial charge in [0.1, 0.15) is 11.6 Å². The molecule has 1 saturated heterocycles. The number of ether oxygens (including phenoxy) is 1. The maximum absolute atomic E-state index is 13.3. The van der Waals surface area contributed by atoms with Gasteiger partial charge in [0.05, 0.1) is 17.7 Å². The number of carbonyl (C=O) groups is 2. The number of carbonyl (C=O) groups excluding carboxylic acids is 2. The number of halogens is 1. The maximum atomic E-state index is 13.3. The summed E-state index contributed by atoms with van der Waals surface area (Å²) in [7, 11) is 1.64. The molecule has 0 bridgehead atoms. The SMILES string of the molecule is COc1ccc(-n2c(C)cc(C(=O)N3CCC(C(=O)Nc4ccc(Cl)cn4)CC3)c2C)cc1. The van der Waals surface area contributed by atoms with Crippen LogP contribution < -0.4 is 10.1 Å². The van der Waals surface area contributed by atoms with Crippen molar-refractivity contribution in [3.05, 3.63) is 70.6 Å². The molecular weight excluding hydrogens is 440 g/mol. The number of hydrogen-bond acceptors (Lipinski definition) is 4. The Labute approximate surface area is 198 Å². The fourth-order valence-corrected chi connectivity index (χ4v) is 4.41. The standard InChI is InChI=1S/C25H27ClN4O3/c1-16-14-22(17(2)30(16)20-5-7-21(33-3)8-6-20)25(32)29-12-10-18(11-13-29)24(31)28-23-9-4-19(26)15-27-23/h4-9,14-15,18H,10-13H2,1-3H3,(H,27,28,31). The van der Waals surface area contributed by atoms with Crippen molar-refractivity contribution in [1.82, 2.24) is 14.5 Å². The van der Waals surface area contributed by atoms with Crippen LogP contribution in [0.15, 0.2) is 48.7 Å². The van der Waals surface area contributed by atoms with E-state index < -0.39 is 0 Å². The Morgan fingerprint density at radius 2 is 1.79 bits per heavy atom. The summed E-state index contributed by atoms with van der Waals surface area (Å²) in [4.78, 5) is 31.8. The quantitative estimate of drug-likeness (QED) is 0.594. The molecule has 1 fully saturated rings. The second kappa shape index (κ2) is 9.67. The van der Waals surface area contributed by atoms with E-state index in [-0.39, 0.29) is 17.7 Å². The van der Waals surface area contributed by atoms with Crippen molar-refractivity contribution < 1.29 is 14.3 Å². The predicted octanol–water partition coefficient (Wildman–Crippen LogP) is 4.64. The number of aromatic nitrogens is 2. The second-order valence-corrected chi connectivity index (χ2v) is 8.67. The molecule has 0 spiro atoms. The van der Waals surface area contributed by atoms with E-state index in [1.807, 2.05) is 49.1 Å². The highest BCUT2D eigenvalue weighted by Crippen LogP contribution is 2.26. The van der Waals surface area contributed by atoms with Gasteiger partial charge < -0.3 is 19.5 Å². The molecule has 0 atom stereocenters. The van der Waals surface area contributed by atoms with Gasteiger partial charge in [-0.1, -0.05) is 11.6 Å². The number of methoxy groups -OCH3 is 1. The number of nitrogens with zero attached hydrogens (tertiary/aromatic N) is 3. The first-order valence-electron chi connectivity index (χ1n) is 10.9. The van der Waals surface area contributed by atoms with Crippen LogP contribution in [0.5, 0.6) is 5.75 Å². The zero-order chi connectivity index (χ0) is 23.5. The summed E-state index contributed by atoms with van der Waals surface area (Å²) >= 11 is 5.84. The first-order valence-corrected chi connectivity index (χ1v) is 11.3. The summed E-state index contributed by atoms with van der Waals surface area (Å²) < 4.78 is 7.32. The molecule has 8 heteroatoms. The third-order valence-corrected chi connectivity index (χ3v) is 6.35. The number of amides is 2. The Morgan fingerprint density at radius 3 is 2.39 bits per heavy atom. The Bertz CT molecular complexity index is 1150. The number of hydrogen-bond donors (Lipinski definition) is 1. The molecule has 1 aliphatic rings. The van der Waals surface area contributed by atoms with Gasteiger partial charge in [-0.25, -0.2) is 4.98 Å². The molecule has 0 saturated carbocycles. The highest BCUT2D eigenvalue weighted by molar-refractivity contribution is 6.30. The first kappa shape index (κ1) is 22.9. The van der Waals surface area contributed by atoms with Crippen molar-refractivity contribution >= 4 is 29.2 Å². The molecule has 2 aromatic heterocycles. The van der Waals surface area contributed by atoms with Gasteiger partial charge in [-0.05, 0) is 69.2 Å². The van der Waals surface area contributed by atoms with E-state index in [9.17, 15) is 9.59 Å². The molecule has 172 valence electrons. The molecule has 1 aliphatic heterocycles. The van der Waals surface area contributed by atoms with Gasteiger partial charge in [-0.3, -0.25) is 9.59 Å². The number of aryl methyl sites for hydroxylation is 1. The minimum atomic E-state index is -0.154. The lowest BCUT2D eigenvalue weighted by atomic mass is 9.95. The van der Waals surface area contributed by atoms with Gasteiger partial charge in [-0.2, -0.15) is 0 Å². The third kappa shape index (κ3) is 4.88. The minimum absolute atomic E-state index is 0.00101. The molecule has 0 radical (unpaired) electrons. The molecule has 0 aliphatic carbocycles. The third-order valence-electron chi connectivity index (χ3n) is 6.12. The summed E-state index contributed by atoms with van der Waals surface area (Å²) in [5.74, 6) is 1.04. The number of benzene rings is 1. The van der Waals surface area contributed by atoms with Gasteiger partial charge in [0, 0.05) is 42.3 Å². The summed E-state index contributed by atoms with van der Waals surface area (Å²) in [5, 5.41) is 3.36. The fourth-order valence-electron chi connectivity index (χ4n) is 4.30. The summed E-state index contributed by atoms with van der Waals surface area (Å²) in [5.41, 5.74) is 3.56. The van der Waals surface area contributed by atoms with Crippen molar-refractivity contribution in [3.63, 3.8) is 0 Å². The van der Waals surface area contributed by atoms with Crippen LogP contribution in [-0.2, 0) is 4.79 Å². The predicted molar refractivity (Wildman–Crippen MR) is 128 cm³/mol. The number of piperidine rings is 1. The summed E-state index contributed by atoms with van der Waals surface area (Å²) in [6, 6.07) is 13.1. The van der Waals surface area contributed by atoms with Gasteiger partial charge in [0.15, 0.2) is 0 Å². The molecule has 2 amide bonds. The Hall–Kier alpha value is -3.32. The van der Waals surface area contributed by atoms with Gasteiger partial charge in [0.2, 0.25) is 5.91 Å². The highest BCUT2D eigenvalue weighted by atomic mass is 35.5. The van der Waals surface area contributed by atoms with E-state index in [1.165, 1.54) is 6.20 Å². The van der Waals surface area contributed by atoms with E-state index in [4.69, 9.17) is 16.3 Å². The molecule has 3 aromatic rings. The highest BCUT2D eigenvalue weighted by Gasteiger charge is 2.29. The number of rotatable bonds is 5. The lowest BCUT2D eigenvalue weighted by Gasteiger charge is -2.31. The van der Waals surface area contributed by atoms with Gasteiger partial charge in [0.25, 0.3) is 5.91 Å². The minimum Gasteiger partial charge on any atom is -0.497 e. The van der Waals surface area contributed by atoms with Crippen molar-refractivity contribution in [2.24, 2.45) is 5.92 Å². The largest absolute Gasteiger partial charge is 0.497 e. The zero-order valence-corrected chi connectivity index (χ0v) is 19.7. The lowest BCUT2D eigenvalue weighted by molar-refractivity contribution is -0.121. The van der Waals surface area contributed by atoms with Crippen molar-refractivity contribution in [3.8, 4) is 11.4 Å². The van der Waals surface area contributed by atoms with E-state index in [2.05, 4.69) is 14.9 Å². The fraction of sp³-hybridized carbons (Fsp3) is 0.320. The summed E-state index contributed by atoms with van der Waals surface area (Å²) in [6.45, 7) is 5.04. The Morgan fingerprint density at radius 1 is 1.09 bits per heavy atom. The molecule has 33 heavy (non-hydrogen) atoms. The van der Waals surface area contributed by atoms with Crippen LogP contribution in [0.3, 0.4) is 0 Å². The van der Waals surface area contributed by atoms with Crippen molar-refractivity contribution in [2.75, 3.05) is 25.5 Å². The van der Waals surface area contributed by atoms with Crippen molar-refractivity contribution in [1.29, 1.82) is 0 Å². The monoisotopic (exact) mass is 466 g/mol. The van der Waals surface area contributed by atoms with E-state index in [0.29, 0.717) is 42.3 Å². The molecule has 1 aromatic carbocycles. The lowest BCUT2D eigenvalue weighted by Crippen LogP contribution is -2.41. The van der Waals surface area contributed by atoms with Crippen LogP contribution in [0.4, 0.5) is 5.82 Å². The molecule has 3 heterocycles. The van der Waals surface area contributed by atoms with E-state index in [0.717, 1.165) is 22.8 Å². The van der Waals surface area contributed by atoms with Crippen LogP contribution in [0.2, 0.25) is 5.02 Å². The first-order chi connectivity index (χ1) is 15.9. The van der Waals surface area contributed by atoms with E-state index in [1.54, 1.807) is 19.2 Å². The number of pyridine rings is 1. The molecule has 7 nitrogen and oxygen atoms in total. The average molecular weight is 467 g/mol. The van der Waals surface area contributed by atoms with Crippen LogP contribution in [-0.4, -0.2) is 46.5 Å². The molecule has 0 unspecified atom stereocenters. The Kier molecular flexibility index (Phi) is 6.70. The number of nitrogens with one attached hydrogen (secondary N) is 1. The van der Waals surface area contributed by atoms with Gasteiger partial charge in [-0.15, -0.1) is 0 Å². The van der Waals surface area contributed by atoms with Crippen LogP contribution >= 0.6 is 11.6 Å². The van der Waals surface area contributed by atoms with Crippen LogP contribution in [0.1, 0.15) is 34.6 Å². The average Bonchev–Trinajstić information content (AvgIpc) is 3.14. The van der Waals surface area contributed by atoms with Gasteiger partial charge >= 0.3 is 0 Å². The van der Waals surface area contributed by atoms with Crippen LogP contribution in [0, 0.1) is 19.8 Å². The number of anilines is 1. The summed E-state index contributed by atoms with van der Waals surface area (Å²) in [6.07, 6.45) is 2.73. The van der Waals surface area contributed by atoms with Crippen LogP contribution in [0.25, 0.3) is 5.69 Å². The second-order valence-electron chi connectivity index (χ2n) is 8.24. The smallest absolute Gasteiger partial charge is 0.255 e. The number of likely N-dealkylation sites (tertiary alicyclic amines) is 1. The molecular formula is C25H27ClN4O3. The van der Waals surface area contributed by atoms with E-state index >= 15 is 0 Å². The topological polar surface area (TPSA) is 76.5 Å².